The summed E-state index contributed by atoms with van der Waals surface area (Å²) in [6, 6.07) is 7.58. The first-order valence-corrected chi connectivity index (χ1v) is 5.14. The van der Waals surface area contributed by atoms with Crippen molar-refractivity contribution in [1.29, 1.82) is 0 Å². The van der Waals surface area contributed by atoms with Crippen molar-refractivity contribution in [3.05, 3.63) is 24.3 Å². The zero-order valence-electron chi connectivity index (χ0n) is 10.7. The first-order chi connectivity index (χ1) is 7.50. The molecule has 0 aliphatic heterocycles. The number of hydrogen-bond donors (Lipinski definition) is 0. The average Bonchev–Trinajstić information content (AvgIpc) is 2.66. The van der Waals surface area contributed by atoms with E-state index in [-0.39, 0.29) is 16.5 Å². The zero-order valence-corrected chi connectivity index (χ0v) is 10.7. The van der Waals surface area contributed by atoms with E-state index < -0.39 is 0 Å². The van der Waals surface area contributed by atoms with Gasteiger partial charge < -0.3 is 11.0 Å². The molecule has 6 nitrogen and oxygen atoms in total. The van der Waals surface area contributed by atoms with E-state index in [2.05, 4.69) is 15.5 Å². The van der Waals surface area contributed by atoms with Gasteiger partial charge >= 0.3 is 0 Å². The molecule has 18 heavy (non-hydrogen) atoms. The van der Waals surface area contributed by atoms with Crippen LogP contribution in [0.15, 0.2) is 24.3 Å². The van der Waals surface area contributed by atoms with Crippen LogP contribution in [0, 0.1) is 0 Å². The van der Waals surface area contributed by atoms with Crippen LogP contribution in [0.2, 0.25) is 0 Å². The van der Waals surface area contributed by atoms with Crippen molar-refractivity contribution in [3.8, 4) is 11.4 Å². The molecule has 96 valence electrons. The van der Waals surface area contributed by atoms with Gasteiger partial charge in [0.2, 0.25) is 0 Å². The SMILES string of the molecule is O.O.[B]c1ccccc1-c1nnnn1C(C)(C)C. The highest BCUT2D eigenvalue weighted by Crippen LogP contribution is 2.20. The smallest absolute Gasteiger partial charge is 0.181 e. The molecule has 1 heterocycles. The van der Waals surface area contributed by atoms with E-state index in [0.29, 0.717) is 11.3 Å². The second-order valence-electron chi connectivity index (χ2n) is 4.67. The van der Waals surface area contributed by atoms with Gasteiger partial charge in [0, 0.05) is 5.56 Å². The Bertz CT molecular complexity index is 508. The van der Waals surface area contributed by atoms with Gasteiger partial charge in [-0.15, -0.1) is 5.10 Å². The molecule has 0 amide bonds. The van der Waals surface area contributed by atoms with Gasteiger partial charge in [-0.1, -0.05) is 29.7 Å². The van der Waals surface area contributed by atoms with Crippen molar-refractivity contribution in [2.24, 2.45) is 0 Å². The van der Waals surface area contributed by atoms with Crippen molar-refractivity contribution in [2.45, 2.75) is 26.3 Å². The minimum atomic E-state index is -0.166. The lowest BCUT2D eigenvalue weighted by Gasteiger charge is -2.20. The maximum atomic E-state index is 5.92. The highest BCUT2D eigenvalue weighted by molar-refractivity contribution is 6.35. The maximum absolute atomic E-state index is 5.92. The molecule has 2 aromatic rings. The molecule has 0 unspecified atom stereocenters. The van der Waals surface area contributed by atoms with E-state index in [0.717, 1.165) is 5.56 Å². The van der Waals surface area contributed by atoms with E-state index >= 15 is 0 Å². The highest BCUT2D eigenvalue weighted by atomic mass is 16.0. The molecule has 0 atom stereocenters. The molecule has 7 heteroatoms. The average molecular weight is 248 g/mol. The third kappa shape index (κ3) is 2.94. The van der Waals surface area contributed by atoms with Gasteiger partial charge in [-0.25, -0.2) is 4.68 Å². The van der Waals surface area contributed by atoms with E-state index in [1.165, 1.54) is 0 Å². The van der Waals surface area contributed by atoms with Gasteiger partial charge in [-0.3, -0.25) is 0 Å². The van der Waals surface area contributed by atoms with Crippen LogP contribution >= 0.6 is 0 Å². The lowest BCUT2D eigenvalue weighted by atomic mass is 9.90. The lowest BCUT2D eigenvalue weighted by Crippen LogP contribution is -2.25. The Balaban J connectivity index is 0.00000144. The maximum Gasteiger partial charge on any atom is 0.181 e. The molecule has 0 fully saturated rings. The Morgan fingerprint density at radius 2 is 1.72 bits per heavy atom. The number of rotatable bonds is 1. The minimum Gasteiger partial charge on any atom is -0.412 e. The van der Waals surface area contributed by atoms with Crippen molar-refractivity contribution < 1.29 is 11.0 Å². The summed E-state index contributed by atoms with van der Waals surface area (Å²) in [6.45, 7) is 6.14. The van der Waals surface area contributed by atoms with E-state index in [1.54, 1.807) is 4.68 Å². The molecule has 0 aliphatic carbocycles. The van der Waals surface area contributed by atoms with Crippen LogP contribution in [0.3, 0.4) is 0 Å². The van der Waals surface area contributed by atoms with Crippen LogP contribution in [0.1, 0.15) is 20.8 Å². The molecule has 0 spiro atoms. The summed E-state index contributed by atoms with van der Waals surface area (Å²) in [4.78, 5) is 0. The van der Waals surface area contributed by atoms with Crippen molar-refractivity contribution in [3.63, 3.8) is 0 Å². The fourth-order valence-corrected chi connectivity index (χ4v) is 1.51. The summed E-state index contributed by atoms with van der Waals surface area (Å²) in [5.41, 5.74) is 1.38. The number of aromatic nitrogens is 4. The quantitative estimate of drug-likeness (QED) is 0.619. The molecule has 0 saturated heterocycles. The Hall–Kier alpha value is -1.73. The Labute approximate surface area is 107 Å². The summed E-state index contributed by atoms with van der Waals surface area (Å²) >= 11 is 0. The van der Waals surface area contributed by atoms with Gasteiger partial charge in [0.25, 0.3) is 0 Å². The van der Waals surface area contributed by atoms with E-state index in [9.17, 15) is 0 Å². The third-order valence-corrected chi connectivity index (χ3v) is 2.31. The predicted molar refractivity (Wildman–Crippen MR) is 70.9 cm³/mol. The monoisotopic (exact) mass is 248 g/mol. The second kappa shape index (κ2) is 5.75. The van der Waals surface area contributed by atoms with Crippen LogP contribution in [-0.4, -0.2) is 39.0 Å². The van der Waals surface area contributed by atoms with Crippen LogP contribution in [0.25, 0.3) is 11.4 Å². The zero-order chi connectivity index (χ0) is 11.8. The number of tetrazole rings is 1. The summed E-state index contributed by atoms with van der Waals surface area (Å²) < 4.78 is 1.78. The molecular formula is C11H17BN4O2. The van der Waals surface area contributed by atoms with Gasteiger partial charge in [0.05, 0.1) is 5.54 Å². The van der Waals surface area contributed by atoms with Crippen LogP contribution in [0.4, 0.5) is 0 Å². The van der Waals surface area contributed by atoms with Crippen LogP contribution in [-0.2, 0) is 5.54 Å². The minimum absolute atomic E-state index is 0. The molecule has 1 aromatic heterocycles. The third-order valence-electron chi connectivity index (χ3n) is 2.31. The van der Waals surface area contributed by atoms with Crippen molar-refractivity contribution in [2.75, 3.05) is 0 Å². The standard InChI is InChI=1S/C11H13BN4.2H2O/c1-11(2,3)16-10(13-14-15-16)8-6-4-5-7-9(8)12;;/h4-7H,1-3H3;2*1H2. The van der Waals surface area contributed by atoms with Gasteiger partial charge in [-0.2, -0.15) is 0 Å². The summed E-state index contributed by atoms with van der Waals surface area (Å²) in [5.74, 6) is 0.700. The summed E-state index contributed by atoms with van der Waals surface area (Å²) in [7, 11) is 5.92. The molecular weight excluding hydrogens is 231 g/mol. The fraction of sp³-hybridized carbons (Fsp3) is 0.364. The van der Waals surface area contributed by atoms with Crippen molar-refractivity contribution in [1.82, 2.24) is 20.2 Å². The predicted octanol–water partition coefficient (Wildman–Crippen LogP) is -0.761. The summed E-state index contributed by atoms with van der Waals surface area (Å²) in [6.07, 6.45) is 0. The van der Waals surface area contributed by atoms with E-state index in [4.69, 9.17) is 7.85 Å². The topological polar surface area (TPSA) is 107 Å². The first kappa shape index (κ1) is 16.3. The van der Waals surface area contributed by atoms with Gasteiger partial charge in [0.1, 0.15) is 7.85 Å². The van der Waals surface area contributed by atoms with E-state index in [1.807, 2.05) is 45.0 Å². The van der Waals surface area contributed by atoms with Gasteiger partial charge in [0.15, 0.2) is 5.82 Å². The lowest BCUT2D eigenvalue weighted by molar-refractivity contribution is 0.351. The van der Waals surface area contributed by atoms with Crippen molar-refractivity contribution >= 4 is 13.3 Å². The molecule has 0 saturated carbocycles. The molecule has 0 bridgehead atoms. The molecule has 0 aliphatic rings. The Morgan fingerprint density at radius 3 is 2.28 bits per heavy atom. The number of nitrogens with zero attached hydrogens (tertiary/aromatic N) is 4. The second-order valence-corrected chi connectivity index (χ2v) is 4.67. The molecule has 4 N–H and O–H groups in total. The molecule has 2 rings (SSSR count). The normalized spacial score (nSPS) is 10.4. The Morgan fingerprint density at radius 1 is 1.11 bits per heavy atom. The Kier molecular flexibility index (Phi) is 5.20. The van der Waals surface area contributed by atoms with Crippen LogP contribution < -0.4 is 5.46 Å². The number of benzene rings is 1. The fourth-order valence-electron chi connectivity index (χ4n) is 1.51. The highest BCUT2D eigenvalue weighted by Gasteiger charge is 2.20. The van der Waals surface area contributed by atoms with Gasteiger partial charge in [-0.05, 0) is 31.2 Å². The molecule has 2 radical (unpaired) electrons. The summed E-state index contributed by atoms with van der Waals surface area (Å²) in [5, 5.41) is 11.8. The number of hydrogen-bond acceptors (Lipinski definition) is 3. The first-order valence-electron chi connectivity index (χ1n) is 5.14. The van der Waals surface area contributed by atoms with Crippen LogP contribution in [0.5, 0.6) is 0 Å². The largest absolute Gasteiger partial charge is 0.412 e. The molecule has 1 aromatic carbocycles.